The Morgan fingerprint density at radius 1 is 1.14 bits per heavy atom. The van der Waals surface area contributed by atoms with Crippen molar-refractivity contribution >= 4 is 16.8 Å². The fourth-order valence-electron chi connectivity index (χ4n) is 1.47. The molecule has 0 aliphatic carbocycles. The third-order valence-electron chi connectivity index (χ3n) is 2.22. The molecule has 0 N–H and O–H groups in total. The van der Waals surface area contributed by atoms with Gasteiger partial charge in [0, 0.05) is 0 Å². The van der Waals surface area contributed by atoms with Crippen LogP contribution in [0.3, 0.4) is 0 Å². The van der Waals surface area contributed by atoms with Gasteiger partial charge >= 0.3 is 0 Å². The summed E-state index contributed by atoms with van der Waals surface area (Å²) < 4.78 is 0. The van der Waals surface area contributed by atoms with Gasteiger partial charge in [0.2, 0.25) is 0 Å². The van der Waals surface area contributed by atoms with Gasteiger partial charge in [-0.25, -0.2) is 0 Å². The first-order valence-corrected chi connectivity index (χ1v) is 4.98. The molecule has 0 heteroatoms. The van der Waals surface area contributed by atoms with Crippen LogP contribution in [0.1, 0.15) is 18.9 Å². The molecule has 0 spiro atoms. The Hall–Kier alpha value is -1.56. The first-order valence-electron chi connectivity index (χ1n) is 4.98. The fraction of sp³-hybridized carbons (Fsp3) is 0.143. The molecule has 0 bridgehead atoms. The van der Waals surface area contributed by atoms with Crippen LogP contribution in [0.15, 0.2) is 42.5 Å². The van der Waals surface area contributed by atoms with Crippen molar-refractivity contribution < 1.29 is 0 Å². The average molecular weight is 181 g/mol. The Morgan fingerprint density at radius 2 is 2.00 bits per heavy atom. The predicted molar refractivity (Wildman–Crippen MR) is 62.1 cm³/mol. The van der Waals surface area contributed by atoms with Crippen LogP contribution < -0.4 is 0 Å². The molecule has 0 heterocycles. The van der Waals surface area contributed by atoms with Crippen LogP contribution in [0, 0.1) is 6.07 Å². The summed E-state index contributed by atoms with van der Waals surface area (Å²) in [6.07, 6.45) is 5.34. The summed E-state index contributed by atoms with van der Waals surface area (Å²) >= 11 is 0. The predicted octanol–water partition coefficient (Wildman–Crippen LogP) is 4.06. The topological polar surface area (TPSA) is 0 Å². The van der Waals surface area contributed by atoms with Gasteiger partial charge in [0.25, 0.3) is 0 Å². The normalized spacial score (nSPS) is 11.2. The molecule has 0 saturated carbocycles. The number of fused-ring (bicyclic) bond motifs is 1. The Kier molecular flexibility index (Phi) is 2.64. The molecule has 1 radical (unpaired) electrons. The van der Waals surface area contributed by atoms with Gasteiger partial charge in [0.05, 0.1) is 0 Å². The van der Waals surface area contributed by atoms with Crippen molar-refractivity contribution in [3.05, 3.63) is 54.1 Å². The third-order valence-corrected chi connectivity index (χ3v) is 2.22. The Bertz CT molecular complexity index is 452. The molecule has 0 fully saturated rings. The lowest BCUT2D eigenvalue weighted by molar-refractivity contribution is 1.23. The van der Waals surface area contributed by atoms with Gasteiger partial charge in [-0.1, -0.05) is 55.5 Å². The minimum atomic E-state index is 1.07. The fourth-order valence-corrected chi connectivity index (χ4v) is 1.47. The van der Waals surface area contributed by atoms with Crippen molar-refractivity contribution in [1.29, 1.82) is 0 Å². The van der Waals surface area contributed by atoms with Crippen molar-refractivity contribution in [3.8, 4) is 0 Å². The van der Waals surface area contributed by atoms with Crippen molar-refractivity contribution in [2.75, 3.05) is 0 Å². The van der Waals surface area contributed by atoms with E-state index >= 15 is 0 Å². The lowest BCUT2D eigenvalue weighted by Gasteiger charge is -1.97. The first-order chi connectivity index (χ1) is 6.90. The summed E-state index contributed by atoms with van der Waals surface area (Å²) in [5.41, 5.74) is 1.16. The highest BCUT2D eigenvalue weighted by Gasteiger charge is 1.92. The largest absolute Gasteiger partial charge is 0.0842 e. The van der Waals surface area contributed by atoms with Gasteiger partial charge < -0.3 is 0 Å². The maximum atomic E-state index is 3.37. The summed E-state index contributed by atoms with van der Waals surface area (Å²) in [6, 6.07) is 15.9. The molecule has 0 aliphatic heterocycles. The minimum Gasteiger partial charge on any atom is -0.0842 e. The van der Waals surface area contributed by atoms with E-state index in [1.54, 1.807) is 0 Å². The lowest BCUT2D eigenvalue weighted by atomic mass is 10.1. The number of benzene rings is 2. The zero-order valence-electron chi connectivity index (χ0n) is 8.33. The Labute approximate surface area is 84.9 Å². The second-order valence-corrected chi connectivity index (χ2v) is 3.31. The highest BCUT2D eigenvalue weighted by atomic mass is 14.0. The van der Waals surface area contributed by atoms with E-state index in [1.165, 1.54) is 10.8 Å². The van der Waals surface area contributed by atoms with E-state index < -0.39 is 0 Å². The second-order valence-electron chi connectivity index (χ2n) is 3.31. The monoisotopic (exact) mass is 181 g/mol. The van der Waals surface area contributed by atoms with Crippen LogP contribution in [0.2, 0.25) is 0 Å². The molecule has 2 aromatic carbocycles. The van der Waals surface area contributed by atoms with Crippen LogP contribution in [0.4, 0.5) is 0 Å². The average Bonchev–Trinajstić information content (AvgIpc) is 2.26. The van der Waals surface area contributed by atoms with E-state index in [-0.39, 0.29) is 0 Å². The van der Waals surface area contributed by atoms with Gasteiger partial charge in [-0.05, 0) is 28.8 Å². The molecule has 0 saturated heterocycles. The SMILES string of the molecule is CC/C=C/c1[c]c2ccccc2cc1. The van der Waals surface area contributed by atoms with E-state index in [9.17, 15) is 0 Å². The summed E-state index contributed by atoms with van der Waals surface area (Å²) in [4.78, 5) is 0. The molecule has 0 nitrogen and oxygen atoms in total. The zero-order chi connectivity index (χ0) is 9.80. The van der Waals surface area contributed by atoms with Crippen LogP contribution in [0.25, 0.3) is 16.8 Å². The standard InChI is InChI=1S/C14H13/c1-2-3-6-12-9-10-13-7-4-5-8-14(13)11-12/h3-10H,2H2,1H3/b6-3+. The lowest BCUT2D eigenvalue weighted by Crippen LogP contribution is -1.75. The van der Waals surface area contributed by atoms with E-state index in [0.29, 0.717) is 0 Å². The summed E-state index contributed by atoms with van der Waals surface area (Å²) in [6.45, 7) is 2.14. The van der Waals surface area contributed by atoms with Crippen LogP contribution >= 0.6 is 0 Å². The van der Waals surface area contributed by atoms with E-state index in [4.69, 9.17) is 0 Å². The molecule has 0 aromatic heterocycles. The summed E-state index contributed by atoms with van der Waals surface area (Å²) in [7, 11) is 0. The van der Waals surface area contributed by atoms with E-state index in [0.717, 1.165) is 12.0 Å². The number of hydrogen-bond acceptors (Lipinski definition) is 0. The Morgan fingerprint density at radius 3 is 2.86 bits per heavy atom. The van der Waals surface area contributed by atoms with Crippen molar-refractivity contribution in [2.24, 2.45) is 0 Å². The minimum absolute atomic E-state index is 1.07. The molecule has 2 aromatic rings. The second kappa shape index (κ2) is 4.10. The maximum Gasteiger partial charge on any atom is -0.00207 e. The molecule has 0 aliphatic rings. The van der Waals surface area contributed by atoms with E-state index in [2.05, 4.69) is 55.5 Å². The van der Waals surface area contributed by atoms with Crippen molar-refractivity contribution in [3.63, 3.8) is 0 Å². The Balaban J connectivity index is 2.46. The van der Waals surface area contributed by atoms with Gasteiger partial charge in [-0.2, -0.15) is 0 Å². The summed E-state index contributed by atoms with van der Waals surface area (Å²) in [5.74, 6) is 0. The third kappa shape index (κ3) is 1.85. The summed E-state index contributed by atoms with van der Waals surface area (Å²) in [5, 5.41) is 2.44. The number of allylic oxidation sites excluding steroid dienone is 1. The van der Waals surface area contributed by atoms with Gasteiger partial charge in [-0.15, -0.1) is 0 Å². The molecule has 0 unspecified atom stereocenters. The molecule has 69 valence electrons. The molecular weight excluding hydrogens is 168 g/mol. The number of hydrogen-bond donors (Lipinski definition) is 0. The van der Waals surface area contributed by atoms with Crippen LogP contribution in [-0.2, 0) is 0 Å². The smallest absolute Gasteiger partial charge is 0.00207 e. The first kappa shape index (κ1) is 9.01. The highest BCUT2D eigenvalue weighted by Crippen LogP contribution is 2.15. The van der Waals surface area contributed by atoms with E-state index in [1.807, 2.05) is 6.07 Å². The highest BCUT2D eigenvalue weighted by molar-refractivity contribution is 5.83. The van der Waals surface area contributed by atoms with Crippen LogP contribution in [0.5, 0.6) is 0 Å². The maximum absolute atomic E-state index is 3.37. The molecule has 0 atom stereocenters. The molecule has 0 amide bonds. The quantitative estimate of drug-likeness (QED) is 0.655. The number of rotatable bonds is 2. The molecule has 14 heavy (non-hydrogen) atoms. The van der Waals surface area contributed by atoms with Crippen molar-refractivity contribution in [2.45, 2.75) is 13.3 Å². The van der Waals surface area contributed by atoms with Crippen molar-refractivity contribution in [1.82, 2.24) is 0 Å². The van der Waals surface area contributed by atoms with Crippen LogP contribution in [-0.4, -0.2) is 0 Å². The zero-order valence-corrected chi connectivity index (χ0v) is 8.33. The molecular formula is C14H13. The van der Waals surface area contributed by atoms with Gasteiger partial charge in [0.15, 0.2) is 0 Å². The van der Waals surface area contributed by atoms with Gasteiger partial charge in [-0.3, -0.25) is 0 Å². The molecule has 2 rings (SSSR count). The van der Waals surface area contributed by atoms with Gasteiger partial charge in [0.1, 0.15) is 0 Å².